The zero-order chi connectivity index (χ0) is 16.7. The Labute approximate surface area is 140 Å². The second-order valence-electron chi connectivity index (χ2n) is 4.82. The molecule has 0 fully saturated rings. The van der Waals surface area contributed by atoms with E-state index in [0.717, 1.165) is 17.0 Å². The van der Waals surface area contributed by atoms with Crippen molar-refractivity contribution in [3.8, 4) is 17.1 Å². The highest BCUT2D eigenvalue weighted by Crippen LogP contribution is 2.33. The third-order valence-corrected chi connectivity index (χ3v) is 4.03. The zero-order valence-electron chi connectivity index (χ0n) is 13.5. The van der Waals surface area contributed by atoms with Crippen LogP contribution in [0, 0.1) is 0 Å². The normalized spacial score (nSPS) is 10.4. The summed E-state index contributed by atoms with van der Waals surface area (Å²) < 4.78 is 10.8. The molecule has 122 valence electrons. The van der Waals surface area contributed by atoms with Crippen molar-refractivity contribution in [2.45, 2.75) is 31.3 Å². The monoisotopic (exact) mass is 332 g/mol. The first-order valence-corrected chi connectivity index (χ1v) is 8.61. The summed E-state index contributed by atoms with van der Waals surface area (Å²) >= 11 is 1.52. The highest BCUT2D eigenvalue weighted by molar-refractivity contribution is 7.98. The van der Waals surface area contributed by atoms with Crippen LogP contribution in [0.1, 0.15) is 25.5 Å². The minimum Gasteiger partial charge on any atom is -0.495 e. The van der Waals surface area contributed by atoms with Crippen LogP contribution in [0.25, 0.3) is 11.4 Å². The lowest BCUT2D eigenvalue weighted by atomic mass is 10.2. The Morgan fingerprint density at radius 3 is 2.74 bits per heavy atom. The molecule has 0 atom stereocenters. The van der Waals surface area contributed by atoms with Gasteiger partial charge in [0, 0.05) is 18.7 Å². The van der Waals surface area contributed by atoms with Gasteiger partial charge in [0.1, 0.15) is 12.4 Å². The van der Waals surface area contributed by atoms with Gasteiger partial charge in [0.15, 0.2) is 0 Å². The maximum atomic E-state index is 11.6. The first-order valence-electron chi connectivity index (χ1n) is 7.38. The Morgan fingerprint density at radius 2 is 2.13 bits per heavy atom. The van der Waals surface area contributed by atoms with Crippen LogP contribution in [0.3, 0.4) is 0 Å². The van der Waals surface area contributed by atoms with Crippen molar-refractivity contribution >= 4 is 17.7 Å². The molecule has 2 aromatic heterocycles. The molecular weight excluding hydrogens is 312 g/mol. The van der Waals surface area contributed by atoms with Gasteiger partial charge >= 0.3 is 5.97 Å². The van der Waals surface area contributed by atoms with Crippen LogP contribution in [0.15, 0.2) is 35.4 Å². The van der Waals surface area contributed by atoms with Gasteiger partial charge < -0.3 is 9.47 Å². The number of carbonyl (C=O) groups is 1. The van der Waals surface area contributed by atoms with E-state index in [1.165, 1.54) is 11.8 Å². The molecule has 0 spiro atoms. The third kappa shape index (κ3) is 4.45. The van der Waals surface area contributed by atoms with Crippen molar-refractivity contribution in [2.75, 3.05) is 13.4 Å². The summed E-state index contributed by atoms with van der Waals surface area (Å²) in [5.74, 6) is 0.484. The minimum absolute atomic E-state index is 0.131. The maximum absolute atomic E-state index is 11.6. The lowest BCUT2D eigenvalue weighted by molar-refractivity contribution is -0.145. The third-order valence-electron chi connectivity index (χ3n) is 3.18. The molecule has 0 saturated carbocycles. The maximum Gasteiger partial charge on any atom is 0.306 e. The highest BCUT2D eigenvalue weighted by atomic mass is 32.2. The molecule has 23 heavy (non-hydrogen) atoms. The predicted molar refractivity (Wildman–Crippen MR) is 90.5 cm³/mol. The van der Waals surface area contributed by atoms with Crippen molar-refractivity contribution in [3.63, 3.8) is 0 Å². The van der Waals surface area contributed by atoms with Crippen molar-refractivity contribution in [1.82, 2.24) is 9.97 Å². The molecule has 0 saturated heterocycles. The average Bonchev–Trinajstić information content (AvgIpc) is 2.60. The number of hydrogen-bond donors (Lipinski definition) is 0. The molecule has 2 heterocycles. The number of thioether (sulfide) groups is 1. The van der Waals surface area contributed by atoms with Crippen molar-refractivity contribution in [2.24, 2.45) is 0 Å². The predicted octanol–water partition coefficient (Wildman–Crippen LogP) is 3.72. The molecule has 0 N–H and O–H groups in total. The van der Waals surface area contributed by atoms with Gasteiger partial charge in [-0.3, -0.25) is 9.78 Å². The number of pyridine rings is 2. The Kier molecular flexibility index (Phi) is 6.40. The summed E-state index contributed by atoms with van der Waals surface area (Å²) in [6, 6.07) is 7.49. The lowest BCUT2D eigenvalue weighted by Crippen LogP contribution is -2.07. The summed E-state index contributed by atoms with van der Waals surface area (Å²) in [6.45, 7) is 2.07. The van der Waals surface area contributed by atoms with Gasteiger partial charge in [0.25, 0.3) is 0 Å². The summed E-state index contributed by atoms with van der Waals surface area (Å²) in [6.07, 6.45) is 4.83. The Morgan fingerprint density at radius 1 is 1.30 bits per heavy atom. The van der Waals surface area contributed by atoms with Gasteiger partial charge in [-0.1, -0.05) is 13.0 Å². The molecule has 2 rings (SSSR count). The van der Waals surface area contributed by atoms with Crippen LogP contribution in [-0.2, 0) is 16.1 Å². The number of ether oxygens (including phenoxy) is 2. The summed E-state index contributed by atoms with van der Waals surface area (Å²) in [5.41, 5.74) is 2.13. The number of nitrogens with zero attached hydrogens (tertiary/aromatic N) is 2. The van der Waals surface area contributed by atoms with E-state index < -0.39 is 0 Å². The first kappa shape index (κ1) is 17.3. The van der Waals surface area contributed by atoms with E-state index in [-0.39, 0.29) is 12.6 Å². The van der Waals surface area contributed by atoms with E-state index in [9.17, 15) is 4.79 Å². The largest absolute Gasteiger partial charge is 0.495 e. The molecule has 0 unspecified atom stereocenters. The molecule has 0 aliphatic carbocycles. The Hall–Kier alpha value is -2.08. The molecule has 0 aliphatic heterocycles. The second kappa shape index (κ2) is 8.53. The standard InChI is InChI=1S/C17H20N2O3S/c1-4-7-16(20)22-11-14-17(23-3)15(21-2)10-13(19-14)12-8-5-6-9-18-12/h5-6,8-10H,4,7,11H2,1-3H3. The number of carbonyl (C=O) groups excluding carboxylic acids is 1. The SMILES string of the molecule is CCCC(=O)OCc1nc(-c2ccccn2)cc(OC)c1SC. The fraction of sp³-hybridized carbons (Fsp3) is 0.353. The summed E-state index contributed by atoms with van der Waals surface area (Å²) in [5, 5.41) is 0. The van der Waals surface area contributed by atoms with E-state index >= 15 is 0 Å². The molecule has 6 heteroatoms. The van der Waals surface area contributed by atoms with E-state index in [1.807, 2.05) is 37.4 Å². The van der Waals surface area contributed by atoms with Gasteiger partial charge in [-0.15, -0.1) is 11.8 Å². The van der Waals surface area contributed by atoms with E-state index in [0.29, 0.717) is 23.6 Å². The molecule has 5 nitrogen and oxygen atoms in total. The van der Waals surface area contributed by atoms with Gasteiger partial charge in [-0.2, -0.15) is 0 Å². The van der Waals surface area contributed by atoms with E-state index in [1.54, 1.807) is 13.3 Å². The van der Waals surface area contributed by atoms with Crippen LogP contribution in [0.5, 0.6) is 5.75 Å². The molecule has 0 aliphatic rings. The smallest absolute Gasteiger partial charge is 0.306 e. The molecule has 0 bridgehead atoms. The minimum atomic E-state index is -0.219. The number of rotatable bonds is 7. The Bertz CT molecular complexity index is 662. The summed E-state index contributed by atoms with van der Waals surface area (Å²) in [7, 11) is 1.62. The quantitative estimate of drug-likeness (QED) is 0.569. The average molecular weight is 332 g/mol. The van der Waals surface area contributed by atoms with Crippen LogP contribution in [0.2, 0.25) is 0 Å². The van der Waals surface area contributed by atoms with E-state index in [4.69, 9.17) is 9.47 Å². The van der Waals surface area contributed by atoms with Gasteiger partial charge in [-0.05, 0) is 24.8 Å². The lowest BCUT2D eigenvalue weighted by Gasteiger charge is -2.14. The number of hydrogen-bond acceptors (Lipinski definition) is 6. The molecule has 0 aromatic carbocycles. The Balaban J connectivity index is 2.36. The van der Waals surface area contributed by atoms with Gasteiger partial charge in [0.2, 0.25) is 0 Å². The van der Waals surface area contributed by atoms with Crippen LogP contribution in [-0.4, -0.2) is 29.3 Å². The van der Waals surface area contributed by atoms with Crippen LogP contribution in [0.4, 0.5) is 0 Å². The van der Waals surface area contributed by atoms with Crippen molar-refractivity contribution in [3.05, 3.63) is 36.2 Å². The molecular formula is C17H20N2O3S. The fourth-order valence-electron chi connectivity index (χ4n) is 2.10. The molecule has 0 amide bonds. The molecule has 2 aromatic rings. The number of aromatic nitrogens is 2. The van der Waals surface area contributed by atoms with Gasteiger partial charge in [-0.25, -0.2) is 4.98 Å². The van der Waals surface area contributed by atoms with Crippen LogP contribution < -0.4 is 4.74 Å². The topological polar surface area (TPSA) is 61.3 Å². The second-order valence-corrected chi connectivity index (χ2v) is 5.63. The number of methoxy groups -OCH3 is 1. The molecule has 0 radical (unpaired) electrons. The van der Waals surface area contributed by atoms with Crippen LogP contribution >= 0.6 is 11.8 Å². The van der Waals surface area contributed by atoms with Gasteiger partial charge in [0.05, 0.1) is 29.1 Å². The summed E-state index contributed by atoms with van der Waals surface area (Å²) in [4.78, 5) is 21.4. The fourth-order valence-corrected chi connectivity index (χ4v) is 2.78. The first-order chi connectivity index (χ1) is 11.2. The highest BCUT2D eigenvalue weighted by Gasteiger charge is 2.16. The van der Waals surface area contributed by atoms with Crippen molar-refractivity contribution in [1.29, 1.82) is 0 Å². The zero-order valence-corrected chi connectivity index (χ0v) is 14.4. The van der Waals surface area contributed by atoms with Crippen molar-refractivity contribution < 1.29 is 14.3 Å². The van der Waals surface area contributed by atoms with E-state index in [2.05, 4.69) is 9.97 Å². The number of esters is 1.